The number of anilines is 1. The highest BCUT2D eigenvalue weighted by Crippen LogP contribution is 2.48. The lowest BCUT2D eigenvalue weighted by molar-refractivity contribution is -0.152. The van der Waals surface area contributed by atoms with E-state index in [1.165, 1.54) is 7.11 Å². The van der Waals surface area contributed by atoms with Gasteiger partial charge in [0.2, 0.25) is 5.91 Å². The van der Waals surface area contributed by atoms with Crippen LogP contribution in [0.1, 0.15) is 30.1 Å². The van der Waals surface area contributed by atoms with Crippen molar-refractivity contribution in [1.29, 1.82) is 0 Å². The van der Waals surface area contributed by atoms with Gasteiger partial charge in [-0.2, -0.15) is 0 Å². The average Bonchev–Trinajstić information content (AvgIpc) is 3.62. The summed E-state index contributed by atoms with van der Waals surface area (Å²) in [5.41, 5.74) is 0.187. The predicted molar refractivity (Wildman–Crippen MR) is 122 cm³/mol. The second-order valence-electron chi connectivity index (χ2n) is 7.54. The summed E-state index contributed by atoms with van der Waals surface area (Å²) in [5, 5.41) is 3.58. The van der Waals surface area contributed by atoms with E-state index in [1.54, 1.807) is 49.5 Å². The number of benzene rings is 2. The molecule has 0 atom stereocenters. The van der Waals surface area contributed by atoms with Crippen molar-refractivity contribution in [3.05, 3.63) is 53.2 Å². The van der Waals surface area contributed by atoms with Crippen LogP contribution in [0.3, 0.4) is 0 Å². The zero-order valence-corrected chi connectivity index (χ0v) is 18.8. The highest BCUT2D eigenvalue weighted by molar-refractivity contribution is 6.34. The van der Waals surface area contributed by atoms with Gasteiger partial charge in [-0.1, -0.05) is 11.6 Å². The number of carbonyl (C=O) groups excluding carboxylic acids is 3. The van der Waals surface area contributed by atoms with Gasteiger partial charge in [0, 0.05) is 23.7 Å². The molecular formula is C24H21ClN2O6. The number of methoxy groups -OCH3 is 1. The number of esters is 1. The van der Waals surface area contributed by atoms with Gasteiger partial charge in [0.05, 0.1) is 35.5 Å². The summed E-state index contributed by atoms with van der Waals surface area (Å²) in [6, 6.07) is 9.77. The Kier molecular flexibility index (Phi) is 6.20. The first-order chi connectivity index (χ1) is 15.9. The fourth-order valence-electron chi connectivity index (χ4n) is 3.47. The SMILES string of the molecule is CCOC(=O)C1(C(=O)Nc2ccc(Oc3ccnc4cc(OC)c(C=O)cc34)cc2Cl)CC1. The largest absolute Gasteiger partial charge is 0.496 e. The number of hydrogen-bond donors (Lipinski definition) is 1. The number of nitrogens with one attached hydrogen (secondary N) is 1. The van der Waals surface area contributed by atoms with Crippen molar-refractivity contribution in [2.24, 2.45) is 5.41 Å². The number of pyridine rings is 1. The fraction of sp³-hybridized carbons (Fsp3) is 0.250. The van der Waals surface area contributed by atoms with E-state index in [-0.39, 0.29) is 11.6 Å². The van der Waals surface area contributed by atoms with E-state index >= 15 is 0 Å². The van der Waals surface area contributed by atoms with Crippen LogP contribution >= 0.6 is 11.6 Å². The zero-order valence-electron chi connectivity index (χ0n) is 18.0. The van der Waals surface area contributed by atoms with Crippen molar-refractivity contribution in [2.75, 3.05) is 19.0 Å². The minimum Gasteiger partial charge on any atom is -0.496 e. The number of carbonyl (C=O) groups is 3. The second kappa shape index (κ2) is 9.07. The Morgan fingerprint density at radius 1 is 1.18 bits per heavy atom. The molecule has 1 amide bonds. The molecule has 170 valence electrons. The highest BCUT2D eigenvalue weighted by Gasteiger charge is 2.58. The molecule has 0 unspecified atom stereocenters. The summed E-state index contributed by atoms with van der Waals surface area (Å²) in [7, 11) is 1.48. The van der Waals surface area contributed by atoms with E-state index in [9.17, 15) is 14.4 Å². The molecule has 0 radical (unpaired) electrons. The number of nitrogens with zero attached hydrogens (tertiary/aromatic N) is 1. The van der Waals surface area contributed by atoms with Crippen molar-refractivity contribution in [3.63, 3.8) is 0 Å². The summed E-state index contributed by atoms with van der Waals surface area (Å²) in [6.07, 6.45) is 3.17. The monoisotopic (exact) mass is 468 g/mol. The van der Waals surface area contributed by atoms with Gasteiger partial charge >= 0.3 is 5.97 Å². The summed E-state index contributed by atoms with van der Waals surface area (Å²) in [6.45, 7) is 1.91. The second-order valence-corrected chi connectivity index (χ2v) is 7.95. The molecule has 0 spiro atoms. The molecule has 0 saturated heterocycles. The molecule has 2 aromatic carbocycles. The Hall–Kier alpha value is -3.65. The minimum absolute atomic E-state index is 0.214. The van der Waals surface area contributed by atoms with Crippen LogP contribution in [-0.2, 0) is 14.3 Å². The van der Waals surface area contributed by atoms with E-state index in [0.717, 1.165) is 0 Å². The van der Waals surface area contributed by atoms with Gasteiger partial charge in [-0.25, -0.2) is 0 Å². The Balaban J connectivity index is 1.56. The van der Waals surface area contributed by atoms with Gasteiger partial charge < -0.3 is 19.5 Å². The first kappa shape index (κ1) is 22.5. The number of fused-ring (bicyclic) bond motifs is 1. The van der Waals surface area contributed by atoms with Crippen LogP contribution in [0.25, 0.3) is 10.9 Å². The number of ether oxygens (including phenoxy) is 3. The first-order valence-electron chi connectivity index (χ1n) is 10.3. The number of hydrogen-bond acceptors (Lipinski definition) is 7. The van der Waals surface area contributed by atoms with E-state index < -0.39 is 17.3 Å². The van der Waals surface area contributed by atoms with E-state index in [0.29, 0.717) is 58.5 Å². The molecule has 1 aliphatic carbocycles. The molecule has 1 heterocycles. The fourth-order valence-corrected chi connectivity index (χ4v) is 3.69. The first-order valence-corrected chi connectivity index (χ1v) is 10.7. The van der Waals surface area contributed by atoms with Crippen molar-refractivity contribution >= 4 is 46.4 Å². The van der Waals surface area contributed by atoms with E-state index in [4.69, 9.17) is 25.8 Å². The van der Waals surface area contributed by atoms with Gasteiger partial charge in [0.1, 0.15) is 22.7 Å². The third kappa shape index (κ3) is 4.34. The van der Waals surface area contributed by atoms with Crippen LogP contribution in [0.15, 0.2) is 42.6 Å². The molecule has 3 aromatic rings. The average molecular weight is 469 g/mol. The third-order valence-corrected chi connectivity index (χ3v) is 5.76. The molecule has 1 aliphatic rings. The number of rotatable bonds is 8. The molecule has 0 bridgehead atoms. The standard InChI is InChI=1S/C24H21ClN2O6/c1-3-32-23(30)24(7-8-24)22(29)27-18-5-4-15(11-17(18)25)33-20-6-9-26-19-12-21(31-2)14(13-28)10-16(19)20/h4-6,9-13H,3,7-8H2,1-2H3,(H,27,29). The van der Waals surface area contributed by atoms with E-state index in [2.05, 4.69) is 10.3 Å². The van der Waals surface area contributed by atoms with Crippen LogP contribution in [0.2, 0.25) is 5.02 Å². The Bertz CT molecular complexity index is 1260. The van der Waals surface area contributed by atoms with Crippen LogP contribution in [0, 0.1) is 5.41 Å². The molecule has 8 nitrogen and oxygen atoms in total. The number of aldehydes is 1. The molecule has 1 saturated carbocycles. The molecule has 1 N–H and O–H groups in total. The van der Waals surface area contributed by atoms with Crippen molar-refractivity contribution in [2.45, 2.75) is 19.8 Å². The number of halogens is 1. The van der Waals surface area contributed by atoms with Crippen molar-refractivity contribution < 1.29 is 28.6 Å². The quantitative estimate of drug-likeness (QED) is 0.288. The van der Waals surface area contributed by atoms with Gasteiger partial charge in [-0.3, -0.25) is 19.4 Å². The lowest BCUT2D eigenvalue weighted by Gasteiger charge is -2.15. The molecule has 1 fully saturated rings. The lowest BCUT2D eigenvalue weighted by Crippen LogP contribution is -2.33. The Morgan fingerprint density at radius 2 is 1.97 bits per heavy atom. The smallest absolute Gasteiger partial charge is 0.321 e. The summed E-state index contributed by atoms with van der Waals surface area (Å²) in [4.78, 5) is 40.5. The molecule has 4 rings (SSSR count). The Morgan fingerprint density at radius 3 is 2.61 bits per heavy atom. The lowest BCUT2D eigenvalue weighted by atomic mass is 10.1. The molecular weight excluding hydrogens is 448 g/mol. The van der Waals surface area contributed by atoms with Crippen molar-refractivity contribution in [3.8, 4) is 17.2 Å². The summed E-state index contributed by atoms with van der Waals surface area (Å²) < 4.78 is 16.2. The maximum atomic E-state index is 12.7. The number of aromatic nitrogens is 1. The highest BCUT2D eigenvalue weighted by atomic mass is 35.5. The molecule has 9 heteroatoms. The summed E-state index contributed by atoms with van der Waals surface area (Å²) in [5.74, 6) is 0.348. The van der Waals surface area contributed by atoms with Gasteiger partial charge in [0.25, 0.3) is 0 Å². The molecule has 1 aromatic heterocycles. The van der Waals surface area contributed by atoms with Crippen LogP contribution in [0.4, 0.5) is 5.69 Å². The molecule has 0 aliphatic heterocycles. The van der Waals surface area contributed by atoms with Crippen LogP contribution in [0.5, 0.6) is 17.2 Å². The summed E-state index contributed by atoms with van der Waals surface area (Å²) >= 11 is 6.37. The maximum Gasteiger partial charge on any atom is 0.321 e. The van der Waals surface area contributed by atoms with Gasteiger partial charge in [-0.05, 0) is 44.0 Å². The normalized spacial score (nSPS) is 13.8. The van der Waals surface area contributed by atoms with E-state index in [1.807, 2.05) is 0 Å². The topological polar surface area (TPSA) is 104 Å². The van der Waals surface area contributed by atoms with Gasteiger partial charge in [-0.15, -0.1) is 0 Å². The Labute approximate surface area is 194 Å². The molecule has 33 heavy (non-hydrogen) atoms. The third-order valence-electron chi connectivity index (χ3n) is 5.45. The minimum atomic E-state index is -1.14. The van der Waals surface area contributed by atoms with Gasteiger partial charge in [0.15, 0.2) is 6.29 Å². The van der Waals surface area contributed by atoms with Crippen LogP contribution < -0.4 is 14.8 Å². The zero-order chi connectivity index (χ0) is 23.6. The maximum absolute atomic E-state index is 12.7. The number of amides is 1. The van der Waals surface area contributed by atoms with Crippen LogP contribution in [-0.4, -0.2) is 36.9 Å². The predicted octanol–water partition coefficient (Wildman–Crippen LogP) is 4.78. The van der Waals surface area contributed by atoms with Crippen molar-refractivity contribution in [1.82, 2.24) is 4.98 Å².